The Labute approximate surface area is 126 Å². The van der Waals surface area contributed by atoms with Crippen molar-refractivity contribution < 1.29 is 28.0 Å². The van der Waals surface area contributed by atoms with Crippen LogP contribution < -0.4 is 4.89 Å². The fourth-order valence-corrected chi connectivity index (χ4v) is 4.63. The zero-order chi connectivity index (χ0) is 15.8. The first-order valence-corrected chi connectivity index (χ1v) is 9.11. The largest absolute Gasteiger partial charge is 0.756 e. The third-order valence-corrected chi connectivity index (χ3v) is 5.07. The van der Waals surface area contributed by atoms with Crippen LogP contribution in [0.15, 0.2) is 0 Å². The third kappa shape index (κ3) is 4.06. The van der Waals surface area contributed by atoms with Crippen molar-refractivity contribution in [2.24, 2.45) is 0 Å². The summed E-state index contributed by atoms with van der Waals surface area (Å²) < 4.78 is 34.2. The second-order valence-electron chi connectivity index (χ2n) is 6.59. The first kappa shape index (κ1) is 17.4. The minimum atomic E-state index is -4.35. The van der Waals surface area contributed by atoms with E-state index in [1.807, 2.05) is 20.8 Å². The first-order chi connectivity index (χ1) is 9.63. The average Bonchev–Trinajstić information content (AvgIpc) is 2.71. The van der Waals surface area contributed by atoms with Gasteiger partial charge < -0.3 is 23.4 Å². The highest BCUT2D eigenvalue weighted by molar-refractivity contribution is 7.45. The standard InChI is InChI=1S/C14H27O6P/c1-9(2)17-12-6-7-14(8-11(5)18-13(12)14)20-21(15,16)19-10(3)4/h9-13H,6-8H2,1-5H3,(H,15,16)/p-1/t11-,12+,13?,14?/m0/s1. The fourth-order valence-electron chi connectivity index (χ4n) is 3.36. The van der Waals surface area contributed by atoms with Gasteiger partial charge in [0.1, 0.15) is 11.7 Å². The molecule has 1 aliphatic heterocycles. The number of rotatable bonds is 6. The van der Waals surface area contributed by atoms with Crippen LogP contribution in [0, 0.1) is 0 Å². The van der Waals surface area contributed by atoms with Crippen LogP contribution in [0.2, 0.25) is 0 Å². The van der Waals surface area contributed by atoms with Crippen molar-refractivity contribution in [1.82, 2.24) is 0 Å². The van der Waals surface area contributed by atoms with E-state index in [-0.39, 0.29) is 24.4 Å². The molecule has 0 aromatic carbocycles. The molecule has 0 N–H and O–H groups in total. The van der Waals surface area contributed by atoms with Gasteiger partial charge in [-0.05, 0) is 47.5 Å². The van der Waals surface area contributed by atoms with Crippen molar-refractivity contribution in [3.8, 4) is 0 Å². The lowest BCUT2D eigenvalue weighted by molar-refractivity contribution is -0.242. The van der Waals surface area contributed by atoms with E-state index >= 15 is 0 Å². The Hall–Kier alpha value is 0.0300. The molecule has 0 spiro atoms. The van der Waals surface area contributed by atoms with E-state index in [1.165, 1.54) is 0 Å². The van der Waals surface area contributed by atoms with Gasteiger partial charge in [0.05, 0.1) is 24.4 Å². The predicted octanol–water partition coefficient (Wildman–Crippen LogP) is 2.40. The van der Waals surface area contributed by atoms with Gasteiger partial charge in [-0.15, -0.1) is 0 Å². The van der Waals surface area contributed by atoms with Crippen LogP contribution in [0.25, 0.3) is 0 Å². The zero-order valence-electron chi connectivity index (χ0n) is 13.4. The van der Waals surface area contributed by atoms with Crippen molar-refractivity contribution in [3.05, 3.63) is 0 Å². The highest BCUT2D eigenvalue weighted by Gasteiger charge is 2.58. The second-order valence-corrected chi connectivity index (χ2v) is 7.88. The Morgan fingerprint density at radius 3 is 2.52 bits per heavy atom. The van der Waals surface area contributed by atoms with Gasteiger partial charge in [0.25, 0.3) is 7.82 Å². The van der Waals surface area contributed by atoms with Gasteiger partial charge in [0, 0.05) is 6.42 Å². The Kier molecular flexibility index (Phi) is 5.19. The molecule has 0 amide bonds. The van der Waals surface area contributed by atoms with Crippen molar-refractivity contribution in [3.63, 3.8) is 0 Å². The van der Waals surface area contributed by atoms with Gasteiger partial charge in [0.15, 0.2) is 0 Å². The van der Waals surface area contributed by atoms with Gasteiger partial charge in [0.2, 0.25) is 0 Å². The van der Waals surface area contributed by atoms with Crippen molar-refractivity contribution in [1.29, 1.82) is 0 Å². The molecule has 0 aromatic heterocycles. The van der Waals surface area contributed by atoms with E-state index in [0.29, 0.717) is 12.8 Å². The van der Waals surface area contributed by atoms with E-state index in [9.17, 15) is 9.46 Å². The SMILES string of the molecule is CC(C)O[C@@H]1CCC2(OP(=O)([O-])OC(C)C)C[C@H](C)OC12. The number of ether oxygens (including phenoxy) is 2. The van der Waals surface area contributed by atoms with Gasteiger partial charge >= 0.3 is 0 Å². The molecule has 2 rings (SSSR count). The highest BCUT2D eigenvalue weighted by atomic mass is 31.2. The van der Waals surface area contributed by atoms with Gasteiger partial charge in [-0.3, -0.25) is 4.57 Å². The molecule has 0 bridgehead atoms. The first-order valence-electron chi connectivity index (χ1n) is 7.65. The van der Waals surface area contributed by atoms with E-state index in [0.717, 1.165) is 6.42 Å². The molecular formula is C14H26O6P-. The molecule has 1 saturated carbocycles. The summed E-state index contributed by atoms with van der Waals surface area (Å²) in [5, 5.41) is 0. The molecule has 7 heteroatoms. The summed E-state index contributed by atoms with van der Waals surface area (Å²) in [7, 11) is -4.35. The molecule has 5 atom stereocenters. The highest BCUT2D eigenvalue weighted by Crippen LogP contribution is 2.55. The Morgan fingerprint density at radius 2 is 1.95 bits per heavy atom. The molecular weight excluding hydrogens is 295 g/mol. The van der Waals surface area contributed by atoms with Crippen LogP contribution in [0.3, 0.4) is 0 Å². The molecule has 1 aliphatic carbocycles. The normalized spacial score (nSPS) is 39.0. The predicted molar refractivity (Wildman–Crippen MR) is 75.8 cm³/mol. The van der Waals surface area contributed by atoms with E-state index < -0.39 is 19.5 Å². The molecule has 2 aliphatic rings. The van der Waals surface area contributed by atoms with Crippen LogP contribution in [0.1, 0.15) is 53.9 Å². The maximum atomic E-state index is 12.1. The molecule has 3 unspecified atom stereocenters. The molecule has 6 nitrogen and oxygen atoms in total. The van der Waals surface area contributed by atoms with Crippen molar-refractivity contribution >= 4 is 7.82 Å². The molecule has 1 saturated heterocycles. The lowest BCUT2D eigenvalue weighted by Gasteiger charge is -2.36. The van der Waals surface area contributed by atoms with Gasteiger partial charge in [-0.25, -0.2) is 0 Å². The van der Waals surface area contributed by atoms with Crippen molar-refractivity contribution in [2.75, 3.05) is 0 Å². The molecule has 1 heterocycles. The number of hydrogen-bond acceptors (Lipinski definition) is 6. The monoisotopic (exact) mass is 321 g/mol. The minimum Gasteiger partial charge on any atom is -0.756 e. The number of hydrogen-bond donors (Lipinski definition) is 0. The van der Waals surface area contributed by atoms with Gasteiger partial charge in [-0.2, -0.15) is 0 Å². The lowest BCUT2D eigenvalue weighted by atomic mass is 9.96. The summed E-state index contributed by atoms with van der Waals surface area (Å²) in [4.78, 5) is 12.1. The quantitative estimate of drug-likeness (QED) is 0.699. The van der Waals surface area contributed by atoms with Crippen LogP contribution in [-0.2, 0) is 23.1 Å². The Bertz CT molecular complexity index is 412. The molecule has 0 aromatic rings. The summed E-state index contributed by atoms with van der Waals surface area (Å²) >= 11 is 0. The summed E-state index contributed by atoms with van der Waals surface area (Å²) in [6, 6.07) is 0. The van der Waals surface area contributed by atoms with Gasteiger partial charge in [-0.1, -0.05) is 0 Å². The number of fused-ring (bicyclic) bond motifs is 1. The second kappa shape index (κ2) is 6.26. The van der Waals surface area contributed by atoms with Crippen LogP contribution >= 0.6 is 7.82 Å². The van der Waals surface area contributed by atoms with Crippen LogP contribution in [0.5, 0.6) is 0 Å². The fraction of sp³-hybridized carbons (Fsp3) is 1.00. The smallest absolute Gasteiger partial charge is 0.268 e. The Balaban J connectivity index is 2.13. The summed E-state index contributed by atoms with van der Waals surface area (Å²) in [6.07, 6.45) is 0.978. The third-order valence-electron chi connectivity index (χ3n) is 3.80. The summed E-state index contributed by atoms with van der Waals surface area (Å²) in [5.74, 6) is 0. The summed E-state index contributed by atoms with van der Waals surface area (Å²) in [6.45, 7) is 9.17. The van der Waals surface area contributed by atoms with E-state index in [4.69, 9.17) is 18.5 Å². The average molecular weight is 321 g/mol. The maximum Gasteiger partial charge on any atom is 0.268 e. The summed E-state index contributed by atoms with van der Waals surface area (Å²) in [5.41, 5.74) is -0.842. The minimum absolute atomic E-state index is 0.0485. The molecule has 0 radical (unpaired) electrons. The Morgan fingerprint density at radius 1 is 1.29 bits per heavy atom. The van der Waals surface area contributed by atoms with Crippen LogP contribution in [-0.4, -0.2) is 36.1 Å². The van der Waals surface area contributed by atoms with Crippen molar-refractivity contribution in [2.45, 2.75) is 90.0 Å². The van der Waals surface area contributed by atoms with E-state index in [1.54, 1.807) is 13.8 Å². The maximum absolute atomic E-state index is 12.1. The molecule has 124 valence electrons. The number of phosphoric ester groups is 1. The topological polar surface area (TPSA) is 77.1 Å². The zero-order valence-corrected chi connectivity index (χ0v) is 14.3. The lowest BCUT2D eigenvalue weighted by Crippen LogP contribution is -2.42. The van der Waals surface area contributed by atoms with Crippen LogP contribution in [0.4, 0.5) is 0 Å². The number of phosphoric acid groups is 1. The van der Waals surface area contributed by atoms with E-state index in [2.05, 4.69) is 0 Å². The molecule has 2 fully saturated rings. The molecule has 21 heavy (non-hydrogen) atoms.